The van der Waals surface area contributed by atoms with Gasteiger partial charge in [-0.1, -0.05) is 35.9 Å². The minimum Gasteiger partial charge on any atom is -0.479 e. The van der Waals surface area contributed by atoms with Gasteiger partial charge in [-0.15, -0.1) is 0 Å². The van der Waals surface area contributed by atoms with E-state index in [-0.39, 0.29) is 37.3 Å². The van der Waals surface area contributed by atoms with Crippen molar-refractivity contribution in [3.63, 3.8) is 0 Å². The van der Waals surface area contributed by atoms with E-state index >= 15 is 0 Å². The molecule has 0 fully saturated rings. The molecule has 2 aromatic carbocycles. The van der Waals surface area contributed by atoms with Gasteiger partial charge in [0.15, 0.2) is 6.10 Å². The van der Waals surface area contributed by atoms with Crippen molar-refractivity contribution in [1.29, 1.82) is 0 Å². The number of nitrogens with zero attached hydrogens (tertiary/aromatic N) is 1. The Balaban J connectivity index is 1.51. The van der Waals surface area contributed by atoms with E-state index in [0.717, 1.165) is 5.56 Å². The van der Waals surface area contributed by atoms with Gasteiger partial charge < -0.3 is 20.1 Å². The number of aliphatic hydroxyl groups excluding tert-OH is 1. The van der Waals surface area contributed by atoms with Crippen LogP contribution in [0.25, 0.3) is 0 Å². The minimum atomic E-state index is -0.578. The summed E-state index contributed by atoms with van der Waals surface area (Å²) in [6.07, 6.45) is 0.234. The van der Waals surface area contributed by atoms with E-state index < -0.39 is 6.10 Å². The highest BCUT2D eigenvalue weighted by molar-refractivity contribution is 6.30. The first-order chi connectivity index (χ1) is 14.0. The van der Waals surface area contributed by atoms with Crippen molar-refractivity contribution in [2.24, 2.45) is 5.92 Å². The first-order valence-electron chi connectivity index (χ1n) is 9.67. The lowest BCUT2D eigenvalue weighted by Crippen LogP contribution is -2.46. The molecule has 1 aliphatic heterocycles. The molecule has 0 saturated heterocycles. The highest BCUT2D eigenvalue weighted by atomic mass is 35.5. The SMILES string of the molecule is C[C@H]1Oc2ccccc2N(CCC(=O)NC[C@@H](CO)Cc2ccc(Cl)cc2)C1=O. The van der Waals surface area contributed by atoms with Crippen LogP contribution in [-0.2, 0) is 16.0 Å². The largest absolute Gasteiger partial charge is 0.479 e. The number of rotatable bonds is 8. The second kappa shape index (κ2) is 9.76. The molecule has 0 aromatic heterocycles. The summed E-state index contributed by atoms with van der Waals surface area (Å²) >= 11 is 5.89. The van der Waals surface area contributed by atoms with Gasteiger partial charge in [-0.2, -0.15) is 0 Å². The Morgan fingerprint density at radius 2 is 1.97 bits per heavy atom. The van der Waals surface area contributed by atoms with Gasteiger partial charge in [0.25, 0.3) is 5.91 Å². The number of carbonyl (C=O) groups is 2. The van der Waals surface area contributed by atoms with Crippen LogP contribution in [-0.4, -0.2) is 42.7 Å². The molecule has 3 rings (SSSR count). The van der Waals surface area contributed by atoms with Crippen LogP contribution in [0.1, 0.15) is 18.9 Å². The zero-order valence-corrected chi connectivity index (χ0v) is 17.1. The second-order valence-electron chi connectivity index (χ2n) is 7.15. The summed E-state index contributed by atoms with van der Waals surface area (Å²) in [6.45, 7) is 2.31. The Hall–Kier alpha value is -2.57. The Kier molecular flexibility index (Phi) is 7.12. The molecule has 0 saturated carbocycles. The number of halogens is 1. The molecule has 0 bridgehead atoms. The van der Waals surface area contributed by atoms with Crippen LogP contribution in [0.2, 0.25) is 5.02 Å². The molecular formula is C22H25ClN2O4. The topological polar surface area (TPSA) is 78.9 Å². The van der Waals surface area contributed by atoms with Crippen LogP contribution >= 0.6 is 11.6 Å². The van der Waals surface area contributed by atoms with Crippen LogP contribution < -0.4 is 15.0 Å². The van der Waals surface area contributed by atoms with E-state index in [9.17, 15) is 14.7 Å². The number of aliphatic hydroxyl groups is 1. The molecule has 0 unspecified atom stereocenters. The maximum atomic E-state index is 12.5. The molecule has 0 spiro atoms. The summed E-state index contributed by atoms with van der Waals surface area (Å²) in [6, 6.07) is 14.7. The third-order valence-corrected chi connectivity index (χ3v) is 5.17. The summed E-state index contributed by atoms with van der Waals surface area (Å²) in [7, 11) is 0. The zero-order chi connectivity index (χ0) is 20.8. The summed E-state index contributed by atoms with van der Waals surface area (Å²) in [5.41, 5.74) is 1.73. The van der Waals surface area contributed by atoms with E-state index in [1.165, 1.54) is 0 Å². The van der Waals surface area contributed by atoms with Crippen LogP contribution in [0.3, 0.4) is 0 Å². The molecule has 1 heterocycles. The van der Waals surface area contributed by atoms with Crippen molar-refractivity contribution in [3.05, 3.63) is 59.1 Å². The van der Waals surface area contributed by atoms with Crippen LogP contribution in [0.5, 0.6) is 5.75 Å². The highest BCUT2D eigenvalue weighted by Gasteiger charge is 2.31. The van der Waals surface area contributed by atoms with E-state index in [2.05, 4.69) is 5.32 Å². The Morgan fingerprint density at radius 1 is 1.24 bits per heavy atom. The monoisotopic (exact) mass is 416 g/mol. The smallest absolute Gasteiger partial charge is 0.267 e. The average molecular weight is 417 g/mol. The summed E-state index contributed by atoms with van der Waals surface area (Å²) in [5.74, 6) is 0.227. The maximum Gasteiger partial charge on any atom is 0.267 e. The van der Waals surface area contributed by atoms with E-state index in [1.807, 2.05) is 48.5 Å². The number of anilines is 1. The summed E-state index contributed by atoms with van der Waals surface area (Å²) in [4.78, 5) is 26.4. The number of ether oxygens (including phenoxy) is 1. The zero-order valence-electron chi connectivity index (χ0n) is 16.3. The van der Waals surface area contributed by atoms with Crippen molar-refractivity contribution < 1.29 is 19.4 Å². The third-order valence-electron chi connectivity index (χ3n) is 4.92. The lowest BCUT2D eigenvalue weighted by atomic mass is 10.00. The van der Waals surface area contributed by atoms with Crippen molar-refractivity contribution in [1.82, 2.24) is 5.32 Å². The van der Waals surface area contributed by atoms with Crippen LogP contribution in [0.4, 0.5) is 5.69 Å². The van der Waals surface area contributed by atoms with Gasteiger partial charge in [0.2, 0.25) is 5.91 Å². The Morgan fingerprint density at radius 3 is 2.69 bits per heavy atom. The highest BCUT2D eigenvalue weighted by Crippen LogP contribution is 2.33. The number of fused-ring (bicyclic) bond motifs is 1. The summed E-state index contributed by atoms with van der Waals surface area (Å²) in [5, 5.41) is 13.1. The van der Waals surface area contributed by atoms with Crippen molar-refractivity contribution >= 4 is 29.1 Å². The molecule has 2 amide bonds. The van der Waals surface area contributed by atoms with Crippen molar-refractivity contribution in [2.45, 2.75) is 25.9 Å². The number of para-hydroxylation sites is 2. The minimum absolute atomic E-state index is 0.0320. The van der Waals surface area contributed by atoms with Gasteiger partial charge in [-0.25, -0.2) is 0 Å². The third kappa shape index (κ3) is 5.49. The number of hydrogen-bond donors (Lipinski definition) is 2. The molecule has 29 heavy (non-hydrogen) atoms. The molecule has 2 N–H and O–H groups in total. The molecule has 2 atom stereocenters. The van der Waals surface area contributed by atoms with E-state index in [4.69, 9.17) is 16.3 Å². The Bertz CT molecular complexity index is 856. The lowest BCUT2D eigenvalue weighted by molar-refractivity contribution is -0.125. The fourth-order valence-electron chi connectivity index (χ4n) is 3.30. The van der Waals surface area contributed by atoms with Gasteiger partial charge in [0, 0.05) is 37.1 Å². The standard InChI is InChI=1S/C22H25ClN2O4/c1-15-22(28)25(19-4-2-3-5-20(19)29-15)11-10-21(27)24-13-17(14-26)12-16-6-8-18(23)9-7-16/h2-9,15,17,26H,10-14H2,1H3,(H,24,27)/t15-,17+/m1/s1. The molecule has 154 valence electrons. The van der Waals surface area contributed by atoms with Gasteiger partial charge in [0.1, 0.15) is 5.75 Å². The number of benzene rings is 2. The van der Waals surface area contributed by atoms with Crippen molar-refractivity contribution in [2.75, 3.05) is 24.6 Å². The number of amides is 2. The maximum absolute atomic E-state index is 12.5. The van der Waals surface area contributed by atoms with E-state index in [1.54, 1.807) is 11.8 Å². The quantitative estimate of drug-likeness (QED) is 0.693. The summed E-state index contributed by atoms with van der Waals surface area (Å²) < 4.78 is 5.61. The van der Waals surface area contributed by atoms with Gasteiger partial charge >= 0.3 is 0 Å². The fraction of sp³-hybridized carbons (Fsp3) is 0.364. The van der Waals surface area contributed by atoms with Gasteiger partial charge in [0.05, 0.1) is 5.69 Å². The molecule has 0 aliphatic carbocycles. The van der Waals surface area contributed by atoms with Crippen LogP contribution in [0.15, 0.2) is 48.5 Å². The number of carbonyl (C=O) groups excluding carboxylic acids is 2. The fourth-order valence-corrected chi connectivity index (χ4v) is 3.43. The normalized spacial score (nSPS) is 16.7. The Labute approximate surface area is 175 Å². The second-order valence-corrected chi connectivity index (χ2v) is 7.59. The predicted octanol–water partition coefficient (Wildman–Crippen LogP) is 2.81. The van der Waals surface area contributed by atoms with Gasteiger partial charge in [-0.3, -0.25) is 9.59 Å². The van der Waals surface area contributed by atoms with Crippen LogP contribution in [0, 0.1) is 5.92 Å². The molecule has 0 radical (unpaired) electrons. The molecule has 7 heteroatoms. The van der Waals surface area contributed by atoms with Gasteiger partial charge in [-0.05, 0) is 43.2 Å². The van der Waals surface area contributed by atoms with E-state index in [0.29, 0.717) is 29.4 Å². The molecule has 6 nitrogen and oxygen atoms in total. The first kappa shape index (κ1) is 21.1. The number of nitrogens with one attached hydrogen (secondary N) is 1. The average Bonchev–Trinajstić information content (AvgIpc) is 2.73. The molecular weight excluding hydrogens is 392 g/mol. The first-order valence-corrected chi connectivity index (χ1v) is 10.0. The molecule has 1 aliphatic rings. The molecule has 2 aromatic rings. The predicted molar refractivity (Wildman–Crippen MR) is 112 cm³/mol. The lowest BCUT2D eigenvalue weighted by Gasteiger charge is -2.32. The van der Waals surface area contributed by atoms with Crippen molar-refractivity contribution in [3.8, 4) is 5.75 Å². The number of hydrogen-bond acceptors (Lipinski definition) is 4.